The highest BCUT2D eigenvalue weighted by atomic mass is 79.9. The van der Waals surface area contributed by atoms with Crippen molar-refractivity contribution in [2.45, 2.75) is 17.9 Å². The van der Waals surface area contributed by atoms with Crippen molar-refractivity contribution in [1.82, 2.24) is 5.32 Å². The van der Waals surface area contributed by atoms with Crippen LogP contribution in [0.5, 0.6) is 11.5 Å². The molecular formula is C23H22BrClN2O5S. The van der Waals surface area contributed by atoms with E-state index in [1.54, 1.807) is 12.1 Å². The zero-order valence-electron chi connectivity index (χ0n) is 17.8. The number of sulfonamides is 1. The van der Waals surface area contributed by atoms with Gasteiger partial charge in [-0.25, -0.2) is 8.42 Å². The molecule has 0 radical (unpaired) electrons. The summed E-state index contributed by atoms with van der Waals surface area (Å²) in [5.41, 5.74) is 1.27. The molecule has 0 spiro atoms. The predicted octanol–water partition coefficient (Wildman–Crippen LogP) is 5.17. The Bertz CT molecular complexity index is 1220. The van der Waals surface area contributed by atoms with Crippen LogP contribution in [0.4, 0.5) is 5.69 Å². The van der Waals surface area contributed by atoms with Gasteiger partial charge in [0.15, 0.2) is 6.61 Å². The predicted molar refractivity (Wildman–Crippen MR) is 131 cm³/mol. The number of benzene rings is 3. The number of carbonyl (C=O) groups is 1. The summed E-state index contributed by atoms with van der Waals surface area (Å²) in [7, 11) is -2.36. The van der Waals surface area contributed by atoms with Gasteiger partial charge in [0.25, 0.3) is 15.9 Å². The highest BCUT2D eigenvalue weighted by molar-refractivity contribution is 9.10. The first-order valence-electron chi connectivity index (χ1n) is 9.82. The fourth-order valence-electron chi connectivity index (χ4n) is 2.93. The van der Waals surface area contributed by atoms with Crippen molar-refractivity contribution >= 4 is 49.1 Å². The number of halogens is 2. The number of anilines is 1. The Morgan fingerprint density at radius 2 is 1.73 bits per heavy atom. The van der Waals surface area contributed by atoms with Crippen LogP contribution in [0, 0.1) is 0 Å². The minimum Gasteiger partial charge on any atom is -0.495 e. The lowest BCUT2D eigenvalue weighted by Gasteiger charge is -2.15. The molecule has 0 aliphatic carbocycles. The molecule has 0 unspecified atom stereocenters. The monoisotopic (exact) mass is 552 g/mol. The van der Waals surface area contributed by atoms with Gasteiger partial charge in [0, 0.05) is 4.47 Å². The maximum Gasteiger partial charge on any atom is 0.261 e. The lowest BCUT2D eigenvalue weighted by Crippen LogP contribution is -2.31. The normalized spacial score (nSPS) is 12.0. The van der Waals surface area contributed by atoms with Crippen molar-refractivity contribution in [2.24, 2.45) is 0 Å². The summed E-state index contributed by atoms with van der Waals surface area (Å²) in [5, 5.41) is 3.14. The molecule has 10 heteroatoms. The molecule has 174 valence electrons. The molecule has 3 rings (SSSR count). The summed E-state index contributed by atoms with van der Waals surface area (Å²) < 4.78 is 39.2. The smallest absolute Gasteiger partial charge is 0.261 e. The van der Waals surface area contributed by atoms with Crippen LogP contribution < -0.4 is 19.5 Å². The first-order valence-corrected chi connectivity index (χ1v) is 12.5. The van der Waals surface area contributed by atoms with Gasteiger partial charge >= 0.3 is 0 Å². The summed E-state index contributed by atoms with van der Waals surface area (Å²) in [6.07, 6.45) is 0. The molecule has 2 N–H and O–H groups in total. The van der Waals surface area contributed by atoms with Gasteiger partial charge in [-0.2, -0.15) is 0 Å². The van der Waals surface area contributed by atoms with E-state index in [0.29, 0.717) is 17.2 Å². The Morgan fingerprint density at radius 1 is 1.06 bits per heavy atom. The van der Waals surface area contributed by atoms with Gasteiger partial charge in [-0.3, -0.25) is 9.52 Å². The summed E-state index contributed by atoms with van der Waals surface area (Å²) in [6, 6.07) is 17.8. The highest BCUT2D eigenvalue weighted by Gasteiger charge is 2.16. The quantitative estimate of drug-likeness (QED) is 0.381. The van der Waals surface area contributed by atoms with Crippen LogP contribution in [0.1, 0.15) is 18.5 Å². The van der Waals surface area contributed by atoms with Crippen LogP contribution >= 0.6 is 27.5 Å². The Hall–Kier alpha value is -2.75. The molecule has 7 nitrogen and oxygen atoms in total. The standard InChI is InChI=1S/C23H22BrClN2O5S/c1-15(16-3-5-17(24)6-4-16)26-23(28)14-32-19-8-10-20(11-9-19)33(29,30)27-18-7-12-22(31-2)21(25)13-18/h3-13,15,27H,14H2,1-2H3,(H,26,28)/t15-/m1/s1. The molecule has 3 aromatic carbocycles. The van der Waals surface area contributed by atoms with Gasteiger partial charge in [-0.05, 0) is 67.1 Å². The third-order valence-electron chi connectivity index (χ3n) is 4.66. The topological polar surface area (TPSA) is 93.7 Å². The molecule has 0 fully saturated rings. The third-order valence-corrected chi connectivity index (χ3v) is 6.88. The molecule has 1 atom stereocenters. The van der Waals surface area contributed by atoms with Gasteiger partial charge in [0.2, 0.25) is 0 Å². The maximum absolute atomic E-state index is 12.6. The van der Waals surface area contributed by atoms with Crippen LogP contribution in [0.15, 0.2) is 76.1 Å². The van der Waals surface area contributed by atoms with E-state index in [4.69, 9.17) is 21.1 Å². The Balaban J connectivity index is 1.56. The van der Waals surface area contributed by atoms with Crippen LogP contribution in [-0.4, -0.2) is 28.0 Å². The lowest BCUT2D eigenvalue weighted by atomic mass is 10.1. The number of hydrogen-bond donors (Lipinski definition) is 2. The second-order valence-electron chi connectivity index (χ2n) is 7.06. The number of carbonyl (C=O) groups excluding carboxylic acids is 1. The lowest BCUT2D eigenvalue weighted by molar-refractivity contribution is -0.123. The van der Waals surface area contributed by atoms with Gasteiger partial charge in [-0.15, -0.1) is 0 Å². The van der Waals surface area contributed by atoms with Crippen molar-refractivity contribution in [3.8, 4) is 11.5 Å². The van der Waals surface area contributed by atoms with E-state index in [-0.39, 0.29) is 28.5 Å². The van der Waals surface area contributed by atoms with Crippen molar-refractivity contribution in [2.75, 3.05) is 18.4 Å². The second-order valence-corrected chi connectivity index (χ2v) is 10.1. The first-order chi connectivity index (χ1) is 15.7. The average molecular weight is 554 g/mol. The average Bonchev–Trinajstić information content (AvgIpc) is 2.78. The molecular weight excluding hydrogens is 532 g/mol. The van der Waals surface area contributed by atoms with E-state index in [1.165, 1.54) is 37.4 Å². The number of amides is 1. The largest absolute Gasteiger partial charge is 0.495 e. The molecule has 0 saturated carbocycles. The molecule has 0 aliphatic rings. The fraction of sp³-hybridized carbons (Fsp3) is 0.174. The zero-order chi connectivity index (χ0) is 24.0. The summed E-state index contributed by atoms with van der Waals surface area (Å²) in [5.74, 6) is 0.518. The fourth-order valence-corrected chi connectivity index (χ4v) is 4.50. The van der Waals surface area contributed by atoms with E-state index >= 15 is 0 Å². The van der Waals surface area contributed by atoms with E-state index in [0.717, 1.165) is 10.0 Å². The zero-order valence-corrected chi connectivity index (χ0v) is 21.0. The number of methoxy groups -OCH3 is 1. The van der Waals surface area contributed by atoms with Crippen molar-refractivity contribution in [3.63, 3.8) is 0 Å². The highest BCUT2D eigenvalue weighted by Crippen LogP contribution is 2.28. The molecule has 1 amide bonds. The number of hydrogen-bond acceptors (Lipinski definition) is 5. The molecule has 33 heavy (non-hydrogen) atoms. The maximum atomic E-state index is 12.6. The molecule has 0 heterocycles. The van der Waals surface area contributed by atoms with Crippen LogP contribution in [0.3, 0.4) is 0 Å². The van der Waals surface area contributed by atoms with E-state index < -0.39 is 10.0 Å². The molecule has 0 aromatic heterocycles. The van der Waals surface area contributed by atoms with Crippen LogP contribution in [0.25, 0.3) is 0 Å². The van der Waals surface area contributed by atoms with Crippen molar-refractivity contribution in [3.05, 3.63) is 81.8 Å². The molecule has 0 bridgehead atoms. The van der Waals surface area contributed by atoms with Gasteiger partial charge in [0.05, 0.1) is 28.8 Å². The number of ether oxygens (including phenoxy) is 2. The SMILES string of the molecule is COc1ccc(NS(=O)(=O)c2ccc(OCC(=O)N[C@H](C)c3ccc(Br)cc3)cc2)cc1Cl. The van der Waals surface area contributed by atoms with Gasteiger partial charge in [-0.1, -0.05) is 39.7 Å². The van der Waals surface area contributed by atoms with Crippen molar-refractivity contribution in [1.29, 1.82) is 0 Å². The van der Waals surface area contributed by atoms with Gasteiger partial charge < -0.3 is 14.8 Å². The minimum absolute atomic E-state index is 0.0371. The molecule has 3 aromatic rings. The van der Waals surface area contributed by atoms with Crippen molar-refractivity contribution < 1.29 is 22.7 Å². The van der Waals surface area contributed by atoms with Crippen LogP contribution in [-0.2, 0) is 14.8 Å². The first kappa shape index (κ1) is 24.9. The third kappa shape index (κ3) is 6.86. The summed E-state index contributed by atoms with van der Waals surface area (Å²) >= 11 is 9.43. The van der Waals surface area contributed by atoms with E-state index in [2.05, 4.69) is 26.0 Å². The van der Waals surface area contributed by atoms with Crippen LogP contribution in [0.2, 0.25) is 5.02 Å². The molecule has 0 aliphatic heterocycles. The summed E-state index contributed by atoms with van der Waals surface area (Å²) in [6.45, 7) is 1.68. The Kier molecular flexibility index (Phi) is 8.23. The van der Waals surface area contributed by atoms with E-state index in [9.17, 15) is 13.2 Å². The molecule has 0 saturated heterocycles. The Morgan fingerprint density at radius 3 is 2.33 bits per heavy atom. The second kappa shape index (κ2) is 10.9. The Labute approximate surface area is 206 Å². The number of nitrogens with one attached hydrogen (secondary N) is 2. The summed E-state index contributed by atoms with van der Waals surface area (Å²) in [4.78, 5) is 12.2. The van der Waals surface area contributed by atoms with E-state index in [1.807, 2.05) is 31.2 Å². The van der Waals surface area contributed by atoms with Gasteiger partial charge in [0.1, 0.15) is 11.5 Å². The minimum atomic E-state index is -3.83. The number of rotatable bonds is 9.